The van der Waals surface area contributed by atoms with Crippen molar-refractivity contribution in [2.75, 3.05) is 5.73 Å². The quantitative estimate of drug-likeness (QED) is 0.681. The van der Waals surface area contributed by atoms with Crippen LogP contribution in [0.15, 0.2) is 0 Å². The fraction of sp³-hybridized carbons (Fsp3) is 0.500. The molecule has 0 aliphatic carbocycles. The van der Waals surface area contributed by atoms with Crippen LogP contribution in [-0.2, 0) is 13.0 Å². The van der Waals surface area contributed by atoms with Crippen LogP contribution in [0, 0.1) is 0 Å². The van der Waals surface area contributed by atoms with Gasteiger partial charge in [0.15, 0.2) is 5.82 Å². The highest BCUT2D eigenvalue weighted by Gasteiger charge is 2.18. The van der Waals surface area contributed by atoms with Crippen LogP contribution in [0.25, 0.3) is 11.6 Å². The van der Waals surface area contributed by atoms with Gasteiger partial charge in [0.25, 0.3) is 0 Å². The van der Waals surface area contributed by atoms with E-state index in [1.54, 1.807) is 0 Å². The van der Waals surface area contributed by atoms with E-state index < -0.39 is 0 Å². The lowest BCUT2D eigenvalue weighted by Crippen LogP contribution is -2.11. The second-order valence-corrected chi connectivity index (χ2v) is 3.59. The normalized spacial score (nSPS) is 15.2. The molecular weight excluding hydrogens is 194 g/mol. The van der Waals surface area contributed by atoms with Crippen molar-refractivity contribution < 1.29 is 0 Å². The molecule has 78 valence electrons. The van der Waals surface area contributed by atoms with Crippen molar-refractivity contribution in [2.45, 2.75) is 25.8 Å². The van der Waals surface area contributed by atoms with Crippen molar-refractivity contribution in [2.24, 2.45) is 0 Å². The largest absolute Gasteiger partial charge is 0.366 e. The molecule has 3 heterocycles. The fourth-order valence-corrected chi connectivity index (χ4v) is 1.86. The van der Waals surface area contributed by atoms with Gasteiger partial charge in [-0.1, -0.05) is 0 Å². The van der Waals surface area contributed by atoms with Crippen LogP contribution >= 0.6 is 0 Å². The van der Waals surface area contributed by atoms with Crippen LogP contribution in [-0.4, -0.2) is 29.9 Å². The Morgan fingerprint density at radius 3 is 3.00 bits per heavy atom. The zero-order valence-corrected chi connectivity index (χ0v) is 8.14. The standard InChI is InChI=1S/C8H11N7/c9-8-10-6(12-14-8)7-13-11-5-3-1-2-4-15(5)7/h1-4H2,(H3,9,10,12,14). The molecule has 7 heteroatoms. The van der Waals surface area contributed by atoms with Crippen molar-refractivity contribution in [1.82, 2.24) is 29.9 Å². The highest BCUT2D eigenvalue weighted by atomic mass is 15.3. The summed E-state index contributed by atoms with van der Waals surface area (Å²) in [4.78, 5) is 4.05. The number of fused-ring (bicyclic) bond motifs is 1. The lowest BCUT2D eigenvalue weighted by molar-refractivity contribution is 0.525. The van der Waals surface area contributed by atoms with Crippen molar-refractivity contribution in [3.05, 3.63) is 5.82 Å². The van der Waals surface area contributed by atoms with Gasteiger partial charge in [-0.05, 0) is 12.8 Å². The molecule has 3 N–H and O–H groups in total. The van der Waals surface area contributed by atoms with E-state index in [9.17, 15) is 0 Å². The van der Waals surface area contributed by atoms with Gasteiger partial charge in [-0.25, -0.2) is 0 Å². The molecule has 0 amide bonds. The third-order valence-electron chi connectivity index (χ3n) is 2.57. The first kappa shape index (κ1) is 8.39. The Bertz CT molecular complexity index is 483. The molecule has 0 unspecified atom stereocenters. The number of anilines is 1. The maximum Gasteiger partial charge on any atom is 0.239 e. The van der Waals surface area contributed by atoms with Crippen molar-refractivity contribution in [3.8, 4) is 11.6 Å². The van der Waals surface area contributed by atoms with E-state index >= 15 is 0 Å². The lowest BCUT2D eigenvalue weighted by Gasteiger charge is -2.13. The SMILES string of the molecule is Nc1n[nH]c(-c2nnc3n2CCCC3)n1. The van der Waals surface area contributed by atoms with Gasteiger partial charge in [-0.3, -0.25) is 5.10 Å². The molecule has 0 fully saturated rings. The minimum Gasteiger partial charge on any atom is -0.366 e. The Balaban J connectivity index is 2.08. The molecule has 2 aromatic heterocycles. The molecule has 0 saturated heterocycles. The Kier molecular flexibility index (Phi) is 1.70. The minimum absolute atomic E-state index is 0.234. The summed E-state index contributed by atoms with van der Waals surface area (Å²) in [7, 11) is 0. The number of hydrogen-bond acceptors (Lipinski definition) is 5. The number of rotatable bonds is 1. The van der Waals surface area contributed by atoms with Gasteiger partial charge >= 0.3 is 0 Å². The molecule has 1 aliphatic heterocycles. The molecule has 7 nitrogen and oxygen atoms in total. The smallest absolute Gasteiger partial charge is 0.239 e. The summed E-state index contributed by atoms with van der Waals surface area (Å²) < 4.78 is 2.07. The number of aromatic amines is 1. The third kappa shape index (κ3) is 1.27. The Labute approximate surface area is 85.7 Å². The average Bonchev–Trinajstić information content (AvgIpc) is 2.83. The van der Waals surface area contributed by atoms with E-state index in [1.807, 2.05) is 0 Å². The number of aromatic nitrogens is 6. The van der Waals surface area contributed by atoms with Gasteiger partial charge in [0.1, 0.15) is 5.82 Å². The number of aryl methyl sites for hydroxylation is 1. The van der Waals surface area contributed by atoms with Crippen LogP contribution < -0.4 is 5.73 Å². The zero-order chi connectivity index (χ0) is 10.3. The number of nitrogens with one attached hydrogen (secondary N) is 1. The van der Waals surface area contributed by atoms with Crippen molar-refractivity contribution in [1.29, 1.82) is 0 Å². The van der Waals surface area contributed by atoms with Gasteiger partial charge in [-0.15, -0.1) is 15.3 Å². The van der Waals surface area contributed by atoms with Crippen LogP contribution in [0.3, 0.4) is 0 Å². The molecule has 0 aromatic carbocycles. The summed E-state index contributed by atoms with van der Waals surface area (Å²) in [6, 6.07) is 0. The topological polar surface area (TPSA) is 98.3 Å². The van der Waals surface area contributed by atoms with E-state index in [2.05, 4.69) is 29.9 Å². The molecule has 0 atom stereocenters. The molecule has 0 radical (unpaired) electrons. The number of nitrogens with zero attached hydrogens (tertiary/aromatic N) is 5. The maximum atomic E-state index is 5.45. The van der Waals surface area contributed by atoms with Crippen molar-refractivity contribution >= 4 is 5.95 Å². The van der Waals surface area contributed by atoms with Gasteiger partial charge in [0, 0.05) is 13.0 Å². The predicted molar refractivity (Wildman–Crippen MR) is 52.7 cm³/mol. The summed E-state index contributed by atoms with van der Waals surface area (Å²) in [5, 5.41) is 14.8. The van der Waals surface area contributed by atoms with Gasteiger partial charge in [0.05, 0.1) is 0 Å². The molecule has 15 heavy (non-hydrogen) atoms. The van der Waals surface area contributed by atoms with E-state index in [0.29, 0.717) is 5.82 Å². The van der Waals surface area contributed by atoms with Gasteiger partial charge < -0.3 is 10.3 Å². The summed E-state index contributed by atoms with van der Waals surface area (Å²) in [5.74, 6) is 2.58. The van der Waals surface area contributed by atoms with E-state index in [0.717, 1.165) is 31.0 Å². The zero-order valence-electron chi connectivity index (χ0n) is 8.14. The third-order valence-corrected chi connectivity index (χ3v) is 2.57. The molecule has 0 spiro atoms. The predicted octanol–water partition coefficient (Wildman–Crippen LogP) is -0.0183. The number of nitrogens with two attached hydrogens (primary N) is 1. The fourth-order valence-electron chi connectivity index (χ4n) is 1.86. The van der Waals surface area contributed by atoms with Crippen LogP contribution in [0.2, 0.25) is 0 Å². The molecule has 1 aliphatic rings. The monoisotopic (exact) mass is 205 g/mol. The Morgan fingerprint density at radius 1 is 1.27 bits per heavy atom. The summed E-state index contributed by atoms with van der Waals surface area (Å²) in [6.45, 7) is 0.943. The maximum absolute atomic E-state index is 5.45. The number of nitrogen functional groups attached to an aromatic ring is 1. The van der Waals surface area contributed by atoms with Crippen LogP contribution in [0.1, 0.15) is 18.7 Å². The average molecular weight is 205 g/mol. The minimum atomic E-state index is 0.234. The summed E-state index contributed by atoms with van der Waals surface area (Å²) in [5.41, 5.74) is 5.45. The highest BCUT2D eigenvalue weighted by molar-refractivity contribution is 5.45. The second kappa shape index (κ2) is 3.04. The summed E-state index contributed by atoms with van der Waals surface area (Å²) in [6.07, 6.45) is 3.31. The van der Waals surface area contributed by atoms with Crippen molar-refractivity contribution in [3.63, 3.8) is 0 Å². The van der Waals surface area contributed by atoms with Gasteiger partial charge in [0.2, 0.25) is 11.8 Å². The first-order chi connectivity index (χ1) is 7.34. The molecular formula is C8H11N7. The molecule has 2 aromatic rings. The number of hydrogen-bond donors (Lipinski definition) is 2. The Hall–Kier alpha value is -1.92. The molecule has 3 rings (SSSR count). The van der Waals surface area contributed by atoms with Crippen LogP contribution in [0.4, 0.5) is 5.95 Å². The first-order valence-corrected chi connectivity index (χ1v) is 4.95. The van der Waals surface area contributed by atoms with E-state index in [4.69, 9.17) is 5.73 Å². The van der Waals surface area contributed by atoms with E-state index in [1.165, 1.54) is 6.42 Å². The Morgan fingerprint density at radius 2 is 2.20 bits per heavy atom. The highest BCUT2D eigenvalue weighted by Crippen LogP contribution is 2.20. The van der Waals surface area contributed by atoms with E-state index in [-0.39, 0.29) is 5.95 Å². The molecule has 0 bridgehead atoms. The first-order valence-electron chi connectivity index (χ1n) is 4.95. The number of H-pyrrole nitrogens is 1. The lowest BCUT2D eigenvalue weighted by atomic mass is 10.2. The van der Waals surface area contributed by atoms with Gasteiger partial charge in [-0.2, -0.15) is 4.98 Å². The van der Waals surface area contributed by atoms with Crippen LogP contribution in [0.5, 0.6) is 0 Å². The summed E-state index contributed by atoms with van der Waals surface area (Å²) >= 11 is 0. The molecule has 0 saturated carbocycles. The second-order valence-electron chi connectivity index (χ2n) is 3.59.